The zero-order valence-electron chi connectivity index (χ0n) is 12.5. The molecule has 5 nitrogen and oxygen atoms in total. The lowest BCUT2D eigenvalue weighted by Crippen LogP contribution is -2.22. The number of aromatic carboxylic acids is 1. The van der Waals surface area contributed by atoms with Gasteiger partial charge in [0, 0.05) is 19.2 Å². The minimum Gasteiger partial charge on any atom is -0.477 e. The van der Waals surface area contributed by atoms with Crippen molar-refractivity contribution in [1.29, 1.82) is 0 Å². The number of benzene rings is 2. The van der Waals surface area contributed by atoms with Crippen molar-refractivity contribution in [3.8, 4) is 0 Å². The molecule has 0 aliphatic carbocycles. The molecule has 0 spiro atoms. The number of carboxylic acids is 1. The Balaban J connectivity index is 1.87. The Labute approximate surface area is 134 Å². The molecular weight excluding hydrogens is 290 g/mol. The van der Waals surface area contributed by atoms with Crippen LogP contribution in [0.5, 0.6) is 0 Å². The summed E-state index contributed by atoms with van der Waals surface area (Å²) in [7, 11) is 0. The van der Waals surface area contributed by atoms with Crippen LogP contribution in [0.25, 0.3) is 0 Å². The van der Waals surface area contributed by atoms with Crippen LogP contribution in [0, 0.1) is 0 Å². The fourth-order valence-corrected chi connectivity index (χ4v) is 2.41. The monoisotopic (exact) mass is 307 g/mol. The highest BCUT2D eigenvalue weighted by Crippen LogP contribution is 2.19. The van der Waals surface area contributed by atoms with Gasteiger partial charge in [-0.25, -0.2) is 4.79 Å². The van der Waals surface area contributed by atoms with Crippen LogP contribution in [0.1, 0.15) is 21.6 Å². The average Bonchev–Trinajstić information content (AvgIpc) is 3.06. The van der Waals surface area contributed by atoms with Crippen LogP contribution in [0.15, 0.2) is 66.7 Å². The Bertz CT molecular complexity index is 728. The molecule has 0 aliphatic rings. The van der Waals surface area contributed by atoms with Gasteiger partial charge < -0.3 is 10.0 Å². The first-order chi connectivity index (χ1) is 11.2. The number of hydrogen-bond donors (Lipinski definition) is 2. The Morgan fingerprint density at radius 1 is 0.957 bits per heavy atom. The maximum atomic E-state index is 11.1. The van der Waals surface area contributed by atoms with Gasteiger partial charge in [-0.05, 0) is 11.1 Å². The van der Waals surface area contributed by atoms with Gasteiger partial charge in [-0.2, -0.15) is 5.10 Å². The molecule has 2 N–H and O–H groups in total. The summed E-state index contributed by atoms with van der Waals surface area (Å²) in [6.07, 6.45) is 0. The molecule has 1 heterocycles. The standard InChI is InChI=1S/C18H17N3O2/c22-18(23)16-11-17(20-19-16)21(12-14-7-3-1-4-8-14)13-15-9-5-2-6-10-15/h1-11H,12-13H2,(H,19,20)(H,22,23). The van der Waals surface area contributed by atoms with E-state index in [2.05, 4.69) is 10.2 Å². The van der Waals surface area contributed by atoms with Crippen molar-refractivity contribution in [2.75, 3.05) is 4.90 Å². The third-order valence-corrected chi connectivity index (χ3v) is 3.55. The Hall–Kier alpha value is -3.08. The van der Waals surface area contributed by atoms with E-state index in [0.717, 1.165) is 11.1 Å². The zero-order valence-corrected chi connectivity index (χ0v) is 12.5. The first-order valence-corrected chi connectivity index (χ1v) is 7.34. The molecule has 1 aromatic heterocycles. The lowest BCUT2D eigenvalue weighted by molar-refractivity contribution is 0.0690. The van der Waals surface area contributed by atoms with E-state index in [-0.39, 0.29) is 5.69 Å². The normalized spacial score (nSPS) is 10.4. The van der Waals surface area contributed by atoms with E-state index < -0.39 is 5.97 Å². The largest absolute Gasteiger partial charge is 0.477 e. The van der Waals surface area contributed by atoms with Gasteiger partial charge in [-0.1, -0.05) is 60.7 Å². The number of carbonyl (C=O) groups is 1. The van der Waals surface area contributed by atoms with E-state index in [1.807, 2.05) is 65.6 Å². The number of rotatable bonds is 6. The zero-order chi connectivity index (χ0) is 16.1. The van der Waals surface area contributed by atoms with Gasteiger partial charge in [0.1, 0.15) is 5.69 Å². The highest BCUT2D eigenvalue weighted by atomic mass is 16.4. The molecule has 0 amide bonds. The van der Waals surface area contributed by atoms with Crippen molar-refractivity contribution in [3.63, 3.8) is 0 Å². The number of carboxylic acid groups (broad SMARTS) is 1. The summed E-state index contributed by atoms with van der Waals surface area (Å²) in [5.41, 5.74) is 2.37. The van der Waals surface area contributed by atoms with Crippen LogP contribution in [0.4, 0.5) is 5.82 Å². The predicted molar refractivity (Wildman–Crippen MR) is 88.3 cm³/mol. The second-order valence-electron chi connectivity index (χ2n) is 5.27. The smallest absolute Gasteiger partial charge is 0.353 e. The van der Waals surface area contributed by atoms with Gasteiger partial charge in [0.25, 0.3) is 0 Å². The van der Waals surface area contributed by atoms with Gasteiger partial charge in [0.15, 0.2) is 5.82 Å². The number of aromatic nitrogens is 2. The average molecular weight is 307 g/mol. The van der Waals surface area contributed by atoms with Crippen LogP contribution in [0.2, 0.25) is 0 Å². The quantitative estimate of drug-likeness (QED) is 0.733. The molecular formula is C18H17N3O2. The molecule has 3 rings (SSSR count). The minimum atomic E-state index is -1.01. The van der Waals surface area contributed by atoms with Crippen LogP contribution in [0.3, 0.4) is 0 Å². The molecule has 0 fully saturated rings. The highest BCUT2D eigenvalue weighted by molar-refractivity contribution is 5.86. The SMILES string of the molecule is O=C(O)c1cc(N(Cc2ccccc2)Cc2ccccc2)n[nH]1. The predicted octanol–water partition coefficient (Wildman–Crippen LogP) is 3.31. The second-order valence-corrected chi connectivity index (χ2v) is 5.27. The van der Waals surface area contributed by atoms with Crippen LogP contribution in [-0.2, 0) is 13.1 Å². The van der Waals surface area contributed by atoms with E-state index in [1.54, 1.807) is 6.07 Å². The van der Waals surface area contributed by atoms with Crippen molar-refractivity contribution >= 4 is 11.8 Å². The molecule has 0 atom stereocenters. The van der Waals surface area contributed by atoms with Crippen molar-refractivity contribution in [2.45, 2.75) is 13.1 Å². The van der Waals surface area contributed by atoms with Crippen molar-refractivity contribution in [2.24, 2.45) is 0 Å². The highest BCUT2D eigenvalue weighted by Gasteiger charge is 2.14. The Morgan fingerprint density at radius 2 is 1.48 bits per heavy atom. The summed E-state index contributed by atoms with van der Waals surface area (Å²) in [5, 5.41) is 15.8. The fourth-order valence-electron chi connectivity index (χ4n) is 2.41. The topological polar surface area (TPSA) is 69.2 Å². The summed E-state index contributed by atoms with van der Waals surface area (Å²) < 4.78 is 0. The number of nitrogens with one attached hydrogen (secondary N) is 1. The Morgan fingerprint density at radius 3 is 1.91 bits per heavy atom. The third kappa shape index (κ3) is 3.77. The number of aromatic amines is 1. The molecule has 0 unspecified atom stereocenters. The van der Waals surface area contributed by atoms with Crippen molar-refractivity contribution in [3.05, 3.63) is 83.6 Å². The first kappa shape index (κ1) is 14.8. The Kier molecular flexibility index (Phi) is 4.38. The summed E-state index contributed by atoms with van der Waals surface area (Å²) in [4.78, 5) is 13.1. The van der Waals surface area contributed by atoms with E-state index in [0.29, 0.717) is 18.9 Å². The van der Waals surface area contributed by atoms with Gasteiger partial charge >= 0.3 is 5.97 Å². The van der Waals surface area contributed by atoms with Gasteiger partial charge in [-0.15, -0.1) is 0 Å². The van der Waals surface area contributed by atoms with Crippen LogP contribution >= 0.6 is 0 Å². The molecule has 0 radical (unpaired) electrons. The summed E-state index contributed by atoms with van der Waals surface area (Å²) in [6, 6.07) is 21.6. The first-order valence-electron chi connectivity index (χ1n) is 7.34. The van der Waals surface area contributed by atoms with E-state index in [1.165, 1.54) is 0 Å². The summed E-state index contributed by atoms with van der Waals surface area (Å²) in [6.45, 7) is 1.30. The third-order valence-electron chi connectivity index (χ3n) is 3.55. The van der Waals surface area contributed by atoms with Gasteiger partial charge in [0.2, 0.25) is 0 Å². The molecule has 0 aliphatic heterocycles. The second kappa shape index (κ2) is 6.79. The summed E-state index contributed by atoms with van der Waals surface area (Å²) >= 11 is 0. The molecule has 0 bridgehead atoms. The van der Waals surface area contributed by atoms with Crippen molar-refractivity contribution < 1.29 is 9.90 Å². The molecule has 2 aromatic carbocycles. The van der Waals surface area contributed by atoms with Crippen LogP contribution in [-0.4, -0.2) is 21.3 Å². The number of nitrogens with zero attached hydrogens (tertiary/aromatic N) is 2. The number of H-pyrrole nitrogens is 1. The van der Waals surface area contributed by atoms with Crippen molar-refractivity contribution in [1.82, 2.24) is 10.2 Å². The van der Waals surface area contributed by atoms with E-state index >= 15 is 0 Å². The molecule has 5 heteroatoms. The molecule has 23 heavy (non-hydrogen) atoms. The number of hydrogen-bond acceptors (Lipinski definition) is 3. The van der Waals surface area contributed by atoms with Gasteiger partial charge in [0.05, 0.1) is 0 Å². The molecule has 0 saturated heterocycles. The maximum Gasteiger partial charge on any atom is 0.353 e. The molecule has 0 saturated carbocycles. The molecule has 3 aromatic rings. The van der Waals surface area contributed by atoms with E-state index in [4.69, 9.17) is 5.11 Å². The van der Waals surface area contributed by atoms with E-state index in [9.17, 15) is 4.79 Å². The van der Waals surface area contributed by atoms with Gasteiger partial charge in [-0.3, -0.25) is 5.10 Å². The maximum absolute atomic E-state index is 11.1. The number of anilines is 1. The lowest BCUT2D eigenvalue weighted by atomic mass is 10.1. The fraction of sp³-hybridized carbons (Fsp3) is 0.111. The van der Waals surface area contributed by atoms with Crippen LogP contribution < -0.4 is 4.90 Å². The summed E-state index contributed by atoms with van der Waals surface area (Å²) in [5.74, 6) is -0.391. The minimum absolute atomic E-state index is 0.0890. The lowest BCUT2D eigenvalue weighted by Gasteiger charge is -2.22. The molecule has 116 valence electrons.